The molecule has 0 aliphatic carbocycles. The number of amides is 1. The van der Waals surface area contributed by atoms with Crippen molar-refractivity contribution in [3.05, 3.63) is 90.1 Å². The first-order valence-electron chi connectivity index (χ1n) is 8.78. The SMILES string of the molecule is O=C([C@H]1COc2ccccc2C1)N(Cc1ccccc1)c1ccccn1. The first-order valence-corrected chi connectivity index (χ1v) is 8.78. The highest BCUT2D eigenvalue weighted by Crippen LogP contribution is 2.29. The minimum absolute atomic E-state index is 0.0436. The number of ether oxygens (including phenoxy) is 1. The lowest BCUT2D eigenvalue weighted by molar-refractivity contribution is -0.123. The van der Waals surface area contributed by atoms with E-state index in [4.69, 9.17) is 4.74 Å². The number of carbonyl (C=O) groups is 1. The summed E-state index contributed by atoms with van der Waals surface area (Å²) < 4.78 is 5.83. The molecule has 0 saturated heterocycles. The van der Waals surface area contributed by atoms with Crippen molar-refractivity contribution < 1.29 is 9.53 Å². The summed E-state index contributed by atoms with van der Waals surface area (Å²) in [5.74, 6) is 1.38. The first-order chi connectivity index (χ1) is 12.8. The molecule has 1 aromatic heterocycles. The van der Waals surface area contributed by atoms with Crippen LogP contribution in [0, 0.1) is 5.92 Å². The maximum absolute atomic E-state index is 13.3. The second-order valence-corrected chi connectivity index (χ2v) is 6.42. The van der Waals surface area contributed by atoms with Crippen molar-refractivity contribution in [3.63, 3.8) is 0 Å². The molecule has 0 radical (unpaired) electrons. The highest BCUT2D eigenvalue weighted by molar-refractivity contribution is 5.94. The van der Waals surface area contributed by atoms with Crippen LogP contribution in [0.15, 0.2) is 79.0 Å². The number of nitrogens with zero attached hydrogens (tertiary/aromatic N) is 2. The molecular weight excluding hydrogens is 324 g/mol. The number of carbonyl (C=O) groups excluding carboxylic acids is 1. The van der Waals surface area contributed by atoms with Crippen LogP contribution in [0.3, 0.4) is 0 Å². The predicted octanol–water partition coefficient (Wildman–Crippen LogP) is 3.87. The third-order valence-corrected chi connectivity index (χ3v) is 4.60. The monoisotopic (exact) mass is 344 g/mol. The highest BCUT2D eigenvalue weighted by atomic mass is 16.5. The average Bonchev–Trinajstić information content (AvgIpc) is 2.72. The molecule has 2 heterocycles. The Kier molecular flexibility index (Phi) is 4.65. The van der Waals surface area contributed by atoms with Crippen LogP contribution >= 0.6 is 0 Å². The van der Waals surface area contributed by atoms with E-state index in [9.17, 15) is 4.79 Å². The minimum atomic E-state index is -0.212. The Balaban J connectivity index is 1.60. The molecule has 1 atom stereocenters. The molecule has 4 rings (SSSR count). The number of para-hydroxylation sites is 1. The number of fused-ring (bicyclic) bond motifs is 1. The molecule has 0 unspecified atom stereocenters. The lowest BCUT2D eigenvalue weighted by Gasteiger charge is -2.30. The van der Waals surface area contributed by atoms with Crippen LogP contribution in [0.2, 0.25) is 0 Å². The Hall–Kier alpha value is -3.14. The van der Waals surface area contributed by atoms with Gasteiger partial charge in [0.25, 0.3) is 0 Å². The molecule has 0 spiro atoms. The van der Waals surface area contributed by atoms with Crippen molar-refractivity contribution >= 4 is 11.7 Å². The van der Waals surface area contributed by atoms with Gasteiger partial charge in [-0.25, -0.2) is 4.98 Å². The van der Waals surface area contributed by atoms with E-state index in [1.807, 2.05) is 72.8 Å². The van der Waals surface area contributed by atoms with Crippen LogP contribution in [-0.4, -0.2) is 17.5 Å². The summed E-state index contributed by atoms with van der Waals surface area (Å²) in [4.78, 5) is 19.5. The number of pyridine rings is 1. The van der Waals surface area contributed by atoms with Gasteiger partial charge in [0.15, 0.2) is 0 Å². The van der Waals surface area contributed by atoms with Crippen LogP contribution < -0.4 is 9.64 Å². The third-order valence-electron chi connectivity index (χ3n) is 4.60. The van der Waals surface area contributed by atoms with E-state index in [1.165, 1.54) is 0 Å². The van der Waals surface area contributed by atoms with Crippen molar-refractivity contribution in [1.29, 1.82) is 0 Å². The summed E-state index contributed by atoms with van der Waals surface area (Å²) in [6, 6.07) is 23.5. The Morgan fingerprint density at radius 2 is 1.77 bits per heavy atom. The second-order valence-electron chi connectivity index (χ2n) is 6.42. The molecule has 3 aromatic rings. The lowest BCUT2D eigenvalue weighted by atomic mass is 9.95. The van der Waals surface area contributed by atoms with Crippen LogP contribution in [0.5, 0.6) is 5.75 Å². The van der Waals surface area contributed by atoms with Gasteiger partial charge in [0.2, 0.25) is 5.91 Å². The van der Waals surface area contributed by atoms with Gasteiger partial charge in [-0.2, -0.15) is 0 Å². The third kappa shape index (κ3) is 3.45. The molecule has 1 amide bonds. The van der Waals surface area contributed by atoms with E-state index < -0.39 is 0 Å². The Morgan fingerprint density at radius 3 is 2.58 bits per heavy atom. The van der Waals surface area contributed by atoms with E-state index in [0.717, 1.165) is 16.9 Å². The molecule has 1 aliphatic heterocycles. The largest absolute Gasteiger partial charge is 0.492 e. The maximum atomic E-state index is 13.3. The topological polar surface area (TPSA) is 42.4 Å². The average molecular weight is 344 g/mol. The molecule has 0 N–H and O–H groups in total. The Labute approximate surface area is 153 Å². The van der Waals surface area contributed by atoms with Gasteiger partial charge in [-0.1, -0.05) is 54.6 Å². The van der Waals surface area contributed by atoms with Crippen molar-refractivity contribution in [2.45, 2.75) is 13.0 Å². The zero-order valence-electron chi connectivity index (χ0n) is 14.4. The number of aromatic nitrogens is 1. The van der Waals surface area contributed by atoms with E-state index in [2.05, 4.69) is 4.98 Å². The van der Waals surface area contributed by atoms with Gasteiger partial charge >= 0.3 is 0 Å². The number of rotatable bonds is 4. The van der Waals surface area contributed by atoms with Crippen molar-refractivity contribution in [1.82, 2.24) is 4.98 Å². The van der Waals surface area contributed by atoms with Gasteiger partial charge in [-0.05, 0) is 35.7 Å². The second kappa shape index (κ2) is 7.40. The zero-order valence-corrected chi connectivity index (χ0v) is 14.4. The number of benzene rings is 2. The molecule has 0 fully saturated rings. The zero-order chi connectivity index (χ0) is 17.8. The fraction of sp³-hybridized carbons (Fsp3) is 0.182. The van der Waals surface area contributed by atoms with Gasteiger partial charge in [-0.3, -0.25) is 9.69 Å². The molecule has 2 aromatic carbocycles. The molecule has 4 heteroatoms. The molecule has 4 nitrogen and oxygen atoms in total. The van der Waals surface area contributed by atoms with E-state index in [-0.39, 0.29) is 11.8 Å². The van der Waals surface area contributed by atoms with Crippen LogP contribution in [0.25, 0.3) is 0 Å². The molecule has 0 saturated carbocycles. The summed E-state index contributed by atoms with van der Waals surface area (Å²) in [7, 11) is 0. The smallest absolute Gasteiger partial charge is 0.235 e. The maximum Gasteiger partial charge on any atom is 0.235 e. The summed E-state index contributed by atoms with van der Waals surface area (Å²) in [5, 5.41) is 0. The molecular formula is C22H20N2O2. The number of anilines is 1. The summed E-state index contributed by atoms with van der Waals surface area (Å²) in [6.45, 7) is 0.892. The predicted molar refractivity (Wildman–Crippen MR) is 101 cm³/mol. The van der Waals surface area contributed by atoms with Crippen molar-refractivity contribution in [2.24, 2.45) is 5.92 Å². The van der Waals surface area contributed by atoms with Gasteiger partial charge in [0.1, 0.15) is 18.2 Å². The minimum Gasteiger partial charge on any atom is -0.492 e. The van der Waals surface area contributed by atoms with Crippen LogP contribution in [-0.2, 0) is 17.8 Å². The van der Waals surface area contributed by atoms with Crippen LogP contribution in [0.1, 0.15) is 11.1 Å². The quantitative estimate of drug-likeness (QED) is 0.722. The van der Waals surface area contributed by atoms with Crippen molar-refractivity contribution in [2.75, 3.05) is 11.5 Å². The van der Waals surface area contributed by atoms with Gasteiger partial charge < -0.3 is 4.74 Å². The fourth-order valence-electron chi connectivity index (χ4n) is 3.26. The Morgan fingerprint density at radius 1 is 1.00 bits per heavy atom. The van der Waals surface area contributed by atoms with Crippen molar-refractivity contribution in [3.8, 4) is 5.75 Å². The summed E-state index contributed by atoms with van der Waals surface area (Å²) in [5.41, 5.74) is 2.15. The molecule has 0 bridgehead atoms. The first kappa shape index (κ1) is 16.3. The molecule has 1 aliphatic rings. The van der Waals surface area contributed by atoms with Crippen LogP contribution in [0.4, 0.5) is 5.82 Å². The fourth-order valence-corrected chi connectivity index (χ4v) is 3.26. The summed E-state index contributed by atoms with van der Waals surface area (Å²) >= 11 is 0. The van der Waals surface area contributed by atoms with Gasteiger partial charge in [0, 0.05) is 6.20 Å². The van der Waals surface area contributed by atoms with E-state index in [1.54, 1.807) is 11.1 Å². The summed E-state index contributed by atoms with van der Waals surface area (Å²) in [6.07, 6.45) is 2.40. The van der Waals surface area contributed by atoms with E-state index in [0.29, 0.717) is 25.4 Å². The highest BCUT2D eigenvalue weighted by Gasteiger charge is 2.30. The van der Waals surface area contributed by atoms with Gasteiger partial charge in [-0.15, -0.1) is 0 Å². The van der Waals surface area contributed by atoms with E-state index >= 15 is 0 Å². The number of hydrogen-bond acceptors (Lipinski definition) is 3. The standard InChI is InChI=1S/C22H20N2O2/c25-22(19-14-18-10-4-5-11-20(18)26-16-19)24(21-12-6-7-13-23-21)15-17-8-2-1-3-9-17/h1-13,19H,14-16H2/t19-/m1/s1. The van der Waals surface area contributed by atoms with Gasteiger partial charge in [0.05, 0.1) is 12.5 Å². The normalized spacial score (nSPS) is 15.6. The molecule has 130 valence electrons. The molecule has 26 heavy (non-hydrogen) atoms. The number of hydrogen-bond donors (Lipinski definition) is 0. The Bertz CT molecular complexity index is 881. The lowest BCUT2D eigenvalue weighted by Crippen LogP contribution is -2.41.